The van der Waals surface area contributed by atoms with Crippen LogP contribution in [0.5, 0.6) is 0 Å². The van der Waals surface area contributed by atoms with E-state index < -0.39 is 0 Å². The van der Waals surface area contributed by atoms with Crippen LogP contribution in [0.3, 0.4) is 0 Å². The van der Waals surface area contributed by atoms with Gasteiger partial charge in [0.15, 0.2) is 5.96 Å². The van der Waals surface area contributed by atoms with Gasteiger partial charge in [0, 0.05) is 37.6 Å². The Morgan fingerprint density at radius 3 is 2.93 bits per heavy atom. The van der Waals surface area contributed by atoms with Gasteiger partial charge < -0.3 is 16.0 Å². The van der Waals surface area contributed by atoms with E-state index in [4.69, 9.17) is 10.7 Å². The van der Waals surface area contributed by atoms with E-state index >= 15 is 0 Å². The summed E-state index contributed by atoms with van der Waals surface area (Å²) in [6.07, 6.45) is 2.52. The Labute approximate surface area is 182 Å². The number of carbonyl (C=O) groups is 1. The summed E-state index contributed by atoms with van der Waals surface area (Å²) >= 11 is 1.68. The molecule has 1 aliphatic heterocycles. The zero-order valence-corrected chi connectivity index (χ0v) is 19.0. The van der Waals surface area contributed by atoms with Crippen molar-refractivity contribution in [3.8, 4) is 0 Å². The summed E-state index contributed by atoms with van der Waals surface area (Å²) in [5.74, 6) is 2.31. The lowest BCUT2D eigenvalue weighted by atomic mass is 9.95. The van der Waals surface area contributed by atoms with Crippen molar-refractivity contribution in [1.29, 1.82) is 0 Å². The second-order valence-corrected chi connectivity index (χ2v) is 7.61. The molecule has 1 amide bonds. The van der Waals surface area contributed by atoms with Crippen LogP contribution in [-0.2, 0) is 10.5 Å². The van der Waals surface area contributed by atoms with Gasteiger partial charge in [-0.25, -0.2) is 4.39 Å². The van der Waals surface area contributed by atoms with Crippen LogP contribution < -0.4 is 11.1 Å². The Hall–Kier alpha value is -1.03. The largest absolute Gasteiger partial charge is 0.370 e. The third-order valence-electron chi connectivity index (χ3n) is 4.36. The van der Waals surface area contributed by atoms with Gasteiger partial charge in [-0.05, 0) is 37.3 Å². The Balaban J connectivity index is 0.00000364. The molecule has 152 valence electrons. The molecule has 1 saturated heterocycles. The minimum absolute atomic E-state index is 0. The van der Waals surface area contributed by atoms with E-state index in [1.54, 1.807) is 17.8 Å². The average Bonchev–Trinajstić information content (AvgIpc) is 2.61. The van der Waals surface area contributed by atoms with Crippen LogP contribution in [0.4, 0.5) is 4.39 Å². The number of hydrogen-bond acceptors (Lipinski definition) is 3. The number of thioether (sulfide) groups is 1. The molecule has 3 N–H and O–H groups in total. The molecule has 27 heavy (non-hydrogen) atoms. The van der Waals surface area contributed by atoms with Crippen molar-refractivity contribution < 1.29 is 9.18 Å². The number of piperidine rings is 1. The Kier molecular flexibility index (Phi) is 11.7. The summed E-state index contributed by atoms with van der Waals surface area (Å²) in [5.41, 5.74) is 6.08. The van der Waals surface area contributed by atoms with Crippen molar-refractivity contribution in [2.45, 2.75) is 31.9 Å². The quantitative estimate of drug-likeness (QED) is 0.245. The summed E-state index contributed by atoms with van der Waals surface area (Å²) in [5, 5.41) is 3.33. The molecule has 1 aromatic rings. The van der Waals surface area contributed by atoms with Crippen molar-refractivity contribution in [2.75, 3.05) is 31.9 Å². The molecule has 0 spiro atoms. The summed E-state index contributed by atoms with van der Waals surface area (Å²) in [7, 11) is 0. The maximum Gasteiger partial charge on any atom is 0.217 e. The Bertz CT molecular complexity index is 617. The lowest BCUT2D eigenvalue weighted by Crippen LogP contribution is -2.47. The highest BCUT2D eigenvalue weighted by Crippen LogP contribution is 2.19. The summed E-state index contributed by atoms with van der Waals surface area (Å²) in [4.78, 5) is 18.1. The smallest absolute Gasteiger partial charge is 0.217 e. The normalized spacial score (nSPS) is 17.3. The van der Waals surface area contributed by atoms with E-state index in [0.717, 1.165) is 49.8 Å². The molecule has 0 aliphatic carbocycles. The van der Waals surface area contributed by atoms with Gasteiger partial charge in [0.1, 0.15) is 5.82 Å². The average molecular weight is 508 g/mol. The van der Waals surface area contributed by atoms with Crippen molar-refractivity contribution in [3.05, 3.63) is 35.6 Å². The summed E-state index contributed by atoms with van der Waals surface area (Å²) < 4.78 is 13.6. The number of rotatable bonds is 8. The number of guanidine groups is 1. The molecule has 8 heteroatoms. The number of carbonyl (C=O) groups excluding carboxylic acids is 1. The zero-order chi connectivity index (χ0) is 18.8. The maximum absolute atomic E-state index is 13.6. The molecule has 5 nitrogen and oxygen atoms in total. The van der Waals surface area contributed by atoms with Crippen LogP contribution in [0.15, 0.2) is 29.3 Å². The highest BCUT2D eigenvalue weighted by Gasteiger charge is 2.23. The molecule has 0 aromatic heterocycles. The van der Waals surface area contributed by atoms with Gasteiger partial charge in [0.25, 0.3) is 0 Å². The van der Waals surface area contributed by atoms with Gasteiger partial charge in [-0.3, -0.25) is 9.79 Å². The van der Waals surface area contributed by atoms with Crippen molar-refractivity contribution in [3.63, 3.8) is 0 Å². The lowest BCUT2D eigenvalue weighted by Gasteiger charge is -2.34. The second-order valence-electron chi connectivity index (χ2n) is 6.50. The van der Waals surface area contributed by atoms with E-state index in [9.17, 15) is 9.18 Å². The number of nitrogens with two attached hydrogens (primary N) is 1. The zero-order valence-electron chi connectivity index (χ0n) is 15.8. The highest BCUT2D eigenvalue weighted by molar-refractivity contribution is 14.0. The minimum Gasteiger partial charge on any atom is -0.370 e. The molecule has 0 bridgehead atoms. The number of amides is 1. The van der Waals surface area contributed by atoms with Gasteiger partial charge in [0.2, 0.25) is 5.91 Å². The summed E-state index contributed by atoms with van der Waals surface area (Å²) in [6.45, 7) is 5.30. The topological polar surface area (TPSA) is 70.7 Å². The van der Waals surface area contributed by atoms with Crippen molar-refractivity contribution in [2.24, 2.45) is 16.6 Å². The number of halogens is 2. The van der Waals surface area contributed by atoms with E-state index in [0.29, 0.717) is 24.6 Å². The Morgan fingerprint density at radius 1 is 1.44 bits per heavy atom. The van der Waals surface area contributed by atoms with Crippen LogP contribution in [0.2, 0.25) is 0 Å². The molecule has 1 aliphatic rings. The standard InChI is InChI=1S/C19H29FN4OS.HI/c1-2-22-19(24-10-5-6-15(13-24)12-18(21)25)23-9-11-26-14-16-7-3-4-8-17(16)20;/h3-4,7-8,15H,2,5-6,9-14H2,1H3,(H2,21,25)(H,22,23);1H. The number of benzene rings is 1. The molecule has 2 rings (SSSR count). The third-order valence-corrected chi connectivity index (χ3v) is 5.34. The van der Waals surface area contributed by atoms with E-state index in [1.165, 1.54) is 6.07 Å². The van der Waals surface area contributed by atoms with Gasteiger partial charge in [-0.15, -0.1) is 24.0 Å². The molecule has 1 unspecified atom stereocenters. The fourth-order valence-corrected chi connectivity index (χ4v) is 3.97. The molecule has 1 aromatic carbocycles. The maximum atomic E-state index is 13.6. The SMILES string of the molecule is CCNC(=NCCSCc1ccccc1F)N1CCCC(CC(N)=O)C1.I. The number of nitrogens with zero attached hydrogens (tertiary/aromatic N) is 2. The summed E-state index contributed by atoms with van der Waals surface area (Å²) in [6, 6.07) is 6.89. The van der Waals surface area contributed by atoms with Gasteiger partial charge in [-0.2, -0.15) is 11.8 Å². The van der Waals surface area contributed by atoms with Gasteiger partial charge >= 0.3 is 0 Å². The second kappa shape index (κ2) is 13.2. The van der Waals surface area contributed by atoms with Gasteiger partial charge in [0.05, 0.1) is 6.54 Å². The fourth-order valence-electron chi connectivity index (χ4n) is 3.15. The molecule has 1 heterocycles. The number of hydrogen-bond donors (Lipinski definition) is 2. The van der Waals surface area contributed by atoms with E-state index in [-0.39, 0.29) is 35.7 Å². The first-order chi connectivity index (χ1) is 12.6. The molecular formula is C19H30FIN4OS. The Morgan fingerprint density at radius 2 is 2.22 bits per heavy atom. The fraction of sp³-hybridized carbons (Fsp3) is 0.579. The predicted octanol–water partition coefficient (Wildman–Crippen LogP) is 3.23. The van der Waals surface area contributed by atoms with Crippen LogP contribution in [0.25, 0.3) is 0 Å². The number of aliphatic imine (C=N–C) groups is 1. The predicted molar refractivity (Wildman–Crippen MR) is 122 cm³/mol. The first-order valence-electron chi connectivity index (χ1n) is 9.22. The highest BCUT2D eigenvalue weighted by atomic mass is 127. The molecule has 1 atom stereocenters. The number of nitrogens with one attached hydrogen (secondary N) is 1. The first-order valence-corrected chi connectivity index (χ1v) is 10.4. The molecule has 1 fully saturated rings. The van der Waals surface area contributed by atoms with Crippen LogP contribution >= 0.6 is 35.7 Å². The lowest BCUT2D eigenvalue weighted by molar-refractivity contribution is -0.119. The monoisotopic (exact) mass is 508 g/mol. The van der Waals surface area contributed by atoms with Crippen molar-refractivity contribution >= 4 is 47.6 Å². The number of primary amides is 1. The minimum atomic E-state index is -0.233. The van der Waals surface area contributed by atoms with E-state index in [2.05, 4.69) is 10.2 Å². The first kappa shape index (κ1) is 24.0. The van der Waals surface area contributed by atoms with Crippen LogP contribution in [0.1, 0.15) is 31.7 Å². The molecule has 0 saturated carbocycles. The molecule has 0 radical (unpaired) electrons. The molecular weight excluding hydrogens is 478 g/mol. The van der Waals surface area contributed by atoms with Gasteiger partial charge in [-0.1, -0.05) is 18.2 Å². The number of likely N-dealkylation sites (tertiary alicyclic amines) is 1. The van der Waals surface area contributed by atoms with Crippen LogP contribution in [-0.4, -0.2) is 48.7 Å². The van der Waals surface area contributed by atoms with E-state index in [1.807, 2.05) is 19.1 Å². The third kappa shape index (κ3) is 8.68. The van der Waals surface area contributed by atoms with Crippen molar-refractivity contribution in [1.82, 2.24) is 10.2 Å². The van der Waals surface area contributed by atoms with Crippen LogP contribution in [0, 0.1) is 11.7 Å².